The Kier molecular flexibility index (Phi) is 4.62. The standard InChI is InChI=1S/C12H20N4S/c1-10(2)13-7-11-8-14-12(15-9-11)16-3-5-17-6-4-16/h8-10,13H,3-7H2,1-2H3. The summed E-state index contributed by atoms with van der Waals surface area (Å²) in [6.07, 6.45) is 3.86. The lowest BCUT2D eigenvalue weighted by Gasteiger charge is -2.26. The van der Waals surface area contributed by atoms with Crippen molar-refractivity contribution in [2.45, 2.75) is 26.4 Å². The maximum atomic E-state index is 4.45. The molecule has 1 aromatic rings. The summed E-state index contributed by atoms with van der Waals surface area (Å²) in [4.78, 5) is 11.2. The van der Waals surface area contributed by atoms with Crippen LogP contribution in [0.5, 0.6) is 0 Å². The van der Waals surface area contributed by atoms with E-state index < -0.39 is 0 Å². The van der Waals surface area contributed by atoms with Gasteiger partial charge in [0.05, 0.1) is 0 Å². The summed E-state index contributed by atoms with van der Waals surface area (Å²) in [5.74, 6) is 3.23. The van der Waals surface area contributed by atoms with Crippen LogP contribution in [0.4, 0.5) is 5.95 Å². The van der Waals surface area contributed by atoms with Crippen LogP contribution in [0.25, 0.3) is 0 Å². The van der Waals surface area contributed by atoms with Crippen LogP contribution in [0.3, 0.4) is 0 Å². The molecule has 0 saturated carbocycles. The van der Waals surface area contributed by atoms with Crippen molar-refractivity contribution in [1.82, 2.24) is 15.3 Å². The van der Waals surface area contributed by atoms with Crippen LogP contribution in [-0.4, -0.2) is 40.6 Å². The third-order valence-corrected chi connectivity index (χ3v) is 3.64. The summed E-state index contributed by atoms with van der Waals surface area (Å²) in [7, 11) is 0. The number of thioether (sulfide) groups is 1. The zero-order chi connectivity index (χ0) is 12.1. The van der Waals surface area contributed by atoms with Gasteiger partial charge in [-0.3, -0.25) is 0 Å². The van der Waals surface area contributed by atoms with Crippen molar-refractivity contribution in [3.05, 3.63) is 18.0 Å². The second-order valence-corrected chi connectivity index (χ2v) is 5.75. The first-order chi connectivity index (χ1) is 8.25. The number of rotatable bonds is 4. The molecule has 1 fully saturated rings. The van der Waals surface area contributed by atoms with E-state index in [1.54, 1.807) is 0 Å². The van der Waals surface area contributed by atoms with Crippen LogP contribution in [0.2, 0.25) is 0 Å². The molecule has 5 heteroatoms. The molecule has 1 saturated heterocycles. The van der Waals surface area contributed by atoms with Crippen molar-refractivity contribution in [1.29, 1.82) is 0 Å². The lowest BCUT2D eigenvalue weighted by molar-refractivity contribution is 0.586. The first-order valence-corrected chi connectivity index (χ1v) is 7.28. The molecule has 17 heavy (non-hydrogen) atoms. The van der Waals surface area contributed by atoms with E-state index in [-0.39, 0.29) is 0 Å². The van der Waals surface area contributed by atoms with Gasteiger partial charge in [-0.2, -0.15) is 11.8 Å². The lowest BCUT2D eigenvalue weighted by Crippen LogP contribution is -2.33. The average molecular weight is 252 g/mol. The second kappa shape index (κ2) is 6.21. The van der Waals surface area contributed by atoms with Gasteiger partial charge in [0.25, 0.3) is 0 Å². The lowest BCUT2D eigenvalue weighted by atomic mass is 10.3. The second-order valence-electron chi connectivity index (χ2n) is 4.53. The Balaban J connectivity index is 1.92. The van der Waals surface area contributed by atoms with Crippen molar-refractivity contribution in [2.24, 2.45) is 0 Å². The topological polar surface area (TPSA) is 41.1 Å². The van der Waals surface area contributed by atoms with E-state index in [2.05, 4.69) is 34.0 Å². The fraction of sp³-hybridized carbons (Fsp3) is 0.667. The van der Waals surface area contributed by atoms with E-state index in [9.17, 15) is 0 Å². The summed E-state index contributed by atoms with van der Waals surface area (Å²) < 4.78 is 0. The number of nitrogens with zero attached hydrogens (tertiary/aromatic N) is 3. The molecule has 0 spiro atoms. The Morgan fingerprint density at radius 1 is 1.29 bits per heavy atom. The summed E-state index contributed by atoms with van der Waals surface area (Å²) in [6.45, 7) is 7.25. The first kappa shape index (κ1) is 12.6. The molecule has 0 amide bonds. The fourth-order valence-corrected chi connectivity index (χ4v) is 2.59. The minimum Gasteiger partial charge on any atom is -0.339 e. The van der Waals surface area contributed by atoms with Crippen molar-refractivity contribution < 1.29 is 0 Å². The molecule has 4 nitrogen and oxygen atoms in total. The molecule has 0 aliphatic carbocycles. The van der Waals surface area contributed by atoms with Gasteiger partial charge in [-0.25, -0.2) is 9.97 Å². The number of aromatic nitrogens is 2. The van der Waals surface area contributed by atoms with E-state index in [1.807, 2.05) is 24.2 Å². The molecule has 1 aromatic heterocycles. The minimum absolute atomic E-state index is 0.494. The Hall–Kier alpha value is -0.810. The first-order valence-electron chi connectivity index (χ1n) is 6.12. The van der Waals surface area contributed by atoms with Crippen LogP contribution in [0.15, 0.2) is 12.4 Å². The molecule has 0 bridgehead atoms. The monoisotopic (exact) mass is 252 g/mol. The maximum absolute atomic E-state index is 4.45. The van der Waals surface area contributed by atoms with E-state index in [1.165, 1.54) is 11.5 Å². The zero-order valence-corrected chi connectivity index (χ0v) is 11.3. The fourth-order valence-electron chi connectivity index (χ4n) is 1.69. The van der Waals surface area contributed by atoms with Gasteiger partial charge in [-0.15, -0.1) is 0 Å². The van der Waals surface area contributed by atoms with Gasteiger partial charge in [0.1, 0.15) is 0 Å². The molecule has 1 N–H and O–H groups in total. The molecule has 0 unspecified atom stereocenters. The Labute approximate surface area is 107 Å². The summed E-state index contributed by atoms with van der Waals surface area (Å²) in [5, 5.41) is 3.36. The van der Waals surface area contributed by atoms with Crippen LogP contribution in [-0.2, 0) is 6.54 Å². The average Bonchev–Trinajstić information content (AvgIpc) is 2.38. The van der Waals surface area contributed by atoms with Crippen LogP contribution >= 0.6 is 11.8 Å². The van der Waals surface area contributed by atoms with Gasteiger partial charge in [0.2, 0.25) is 5.95 Å². The predicted molar refractivity (Wildman–Crippen MR) is 73.5 cm³/mol. The third-order valence-electron chi connectivity index (χ3n) is 2.70. The highest BCUT2D eigenvalue weighted by Crippen LogP contribution is 2.14. The molecule has 1 aliphatic heterocycles. The van der Waals surface area contributed by atoms with E-state index in [0.29, 0.717) is 6.04 Å². The molecule has 2 heterocycles. The molecular formula is C12H20N4S. The zero-order valence-electron chi connectivity index (χ0n) is 10.5. The Morgan fingerprint density at radius 2 is 1.94 bits per heavy atom. The van der Waals surface area contributed by atoms with Crippen LogP contribution < -0.4 is 10.2 Å². The molecular weight excluding hydrogens is 232 g/mol. The van der Waals surface area contributed by atoms with E-state index in [0.717, 1.165) is 31.1 Å². The molecule has 0 aromatic carbocycles. The minimum atomic E-state index is 0.494. The maximum Gasteiger partial charge on any atom is 0.225 e. The highest BCUT2D eigenvalue weighted by molar-refractivity contribution is 7.99. The number of hydrogen-bond donors (Lipinski definition) is 1. The number of hydrogen-bond acceptors (Lipinski definition) is 5. The van der Waals surface area contributed by atoms with Crippen LogP contribution in [0, 0.1) is 0 Å². The van der Waals surface area contributed by atoms with Crippen molar-refractivity contribution in [3.63, 3.8) is 0 Å². The van der Waals surface area contributed by atoms with Gasteiger partial charge in [0, 0.05) is 55.1 Å². The molecule has 0 atom stereocenters. The van der Waals surface area contributed by atoms with Gasteiger partial charge < -0.3 is 10.2 Å². The smallest absolute Gasteiger partial charge is 0.225 e. The van der Waals surface area contributed by atoms with Crippen molar-refractivity contribution in [2.75, 3.05) is 29.5 Å². The quantitative estimate of drug-likeness (QED) is 0.880. The molecule has 1 aliphatic rings. The third kappa shape index (κ3) is 3.85. The van der Waals surface area contributed by atoms with Crippen molar-refractivity contribution in [3.8, 4) is 0 Å². The van der Waals surface area contributed by atoms with Gasteiger partial charge in [-0.05, 0) is 0 Å². The van der Waals surface area contributed by atoms with Crippen LogP contribution in [0.1, 0.15) is 19.4 Å². The Bertz CT molecular complexity index is 333. The normalized spacial score (nSPS) is 16.5. The molecule has 2 rings (SSSR count). The van der Waals surface area contributed by atoms with E-state index >= 15 is 0 Å². The highest BCUT2D eigenvalue weighted by Gasteiger charge is 2.13. The summed E-state index contributed by atoms with van der Waals surface area (Å²) in [6, 6.07) is 0.494. The number of nitrogens with one attached hydrogen (secondary N) is 1. The molecule has 94 valence electrons. The van der Waals surface area contributed by atoms with Gasteiger partial charge >= 0.3 is 0 Å². The Morgan fingerprint density at radius 3 is 2.53 bits per heavy atom. The molecule has 0 radical (unpaired) electrons. The number of anilines is 1. The largest absolute Gasteiger partial charge is 0.339 e. The van der Waals surface area contributed by atoms with Gasteiger partial charge in [0.15, 0.2) is 0 Å². The predicted octanol–water partition coefficient (Wildman–Crippen LogP) is 1.53. The summed E-state index contributed by atoms with van der Waals surface area (Å²) >= 11 is 2.00. The van der Waals surface area contributed by atoms with E-state index in [4.69, 9.17) is 0 Å². The SMILES string of the molecule is CC(C)NCc1cnc(N2CCSCC2)nc1. The van der Waals surface area contributed by atoms with Gasteiger partial charge in [-0.1, -0.05) is 13.8 Å². The van der Waals surface area contributed by atoms with Crippen molar-refractivity contribution >= 4 is 17.7 Å². The summed E-state index contributed by atoms with van der Waals surface area (Å²) in [5.41, 5.74) is 1.15. The highest BCUT2D eigenvalue weighted by atomic mass is 32.2.